The molecule has 0 radical (unpaired) electrons. The summed E-state index contributed by atoms with van der Waals surface area (Å²) in [7, 11) is 0. The quantitative estimate of drug-likeness (QED) is 0.672. The van der Waals surface area contributed by atoms with Gasteiger partial charge in [-0.05, 0) is 19.1 Å². The molecule has 0 aliphatic carbocycles. The van der Waals surface area contributed by atoms with E-state index in [0.29, 0.717) is 5.56 Å². The highest BCUT2D eigenvalue weighted by atomic mass is 16.4. The van der Waals surface area contributed by atoms with Crippen molar-refractivity contribution in [2.24, 2.45) is 0 Å². The van der Waals surface area contributed by atoms with Crippen LogP contribution in [0, 0.1) is 0 Å². The molecule has 0 saturated carbocycles. The van der Waals surface area contributed by atoms with Crippen molar-refractivity contribution in [3.05, 3.63) is 29.3 Å². The molecule has 0 aromatic heterocycles. The van der Waals surface area contributed by atoms with Crippen molar-refractivity contribution in [3.8, 4) is 5.75 Å². The summed E-state index contributed by atoms with van der Waals surface area (Å²) in [5, 5.41) is 17.7. The monoisotopic (exact) mass is 180 g/mol. The highest BCUT2D eigenvalue weighted by Crippen LogP contribution is 2.18. The van der Waals surface area contributed by atoms with Crippen LogP contribution in [-0.4, -0.2) is 22.0 Å². The number of aromatic carboxylic acids is 1. The molecule has 2 N–H and O–H groups in total. The summed E-state index contributed by atoms with van der Waals surface area (Å²) in [5.41, 5.74) is 0.0903. The molecule has 0 fully saturated rings. The van der Waals surface area contributed by atoms with Crippen molar-refractivity contribution < 1.29 is 19.8 Å². The molecule has 0 saturated heterocycles. The predicted molar refractivity (Wildman–Crippen MR) is 45.1 cm³/mol. The molecule has 4 nitrogen and oxygen atoms in total. The number of hydrogen-bond donors (Lipinski definition) is 2. The van der Waals surface area contributed by atoms with Crippen molar-refractivity contribution >= 4 is 11.8 Å². The topological polar surface area (TPSA) is 74.6 Å². The van der Waals surface area contributed by atoms with Crippen LogP contribution in [0.25, 0.3) is 0 Å². The number of ketones is 1. The van der Waals surface area contributed by atoms with Gasteiger partial charge in [-0.3, -0.25) is 4.79 Å². The van der Waals surface area contributed by atoms with E-state index in [9.17, 15) is 14.7 Å². The van der Waals surface area contributed by atoms with Crippen LogP contribution in [0.2, 0.25) is 0 Å². The van der Waals surface area contributed by atoms with Gasteiger partial charge in [0.25, 0.3) is 0 Å². The summed E-state index contributed by atoms with van der Waals surface area (Å²) in [6, 6.07) is 3.71. The van der Waals surface area contributed by atoms with Gasteiger partial charge in [-0.1, -0.05) is 6.07 Å². The Kier molecular flexibility index (Phi) is 2.32. The van der Waals surface area contributed by atoms with Crippen LogP contribution in [-0.2, 0) is 0 Å². The average Bonchev–Trinajstić information content (AvgIpc) is 2.03. The van der Waals surface area contributed by atoms with Crippen LogP contribution in [0.5, 0.6) is 5.75 Å². The molecule has 0 bridgehead atoms. The molecule has 0 amide bonds. The van der Waals surface area contributed by atoms with Crippen molar-refractivity contribution in [3.63, 3.8) is 0 Å². The van der Waals surface area contributed by atoms with Crippen molar-refractivity contribution in [2.75, 3.05) is 0 Å². The number of hydrogen-bond acceptors (Lipinski definition) is 3. The Morgan fingerprint density at radius 1 is 1.31 bits per heavy atom. The van der Waals surface area contributed by atoms with Gasteiger partial charge in [-0.2, -0.15) is 0 Å². The van der Waals surface area contributed by atoms with E-state index in [-0.39, 0.29) is 17.1 Å². The van der Waals surface area contributed by atoms with Crippen molar-refractivity contribution in [1.29, 1.82) is 0 Å². The Morgan fingerprint density at radius 3 is 2.31 bits per heavy atom. The Bertz CT molecular complexity index is 368. The molecular formula is C9H8O4. The largest absolute Gasteiger partial charge is 0.507 e. The fourth-order valence-electron chi connectivity index (χ4n) is 0.931. The van der Waals surface area contributed by atoms with Gasteiger partial charge in [-0.25, -0.2) is 4.79 Å². The third-order valence-electron chi connectivity index (χ3n) is 1.63. The zero-order valence-electron chi connectivity index (χ0n) is 6.94. The first-order valence-corrected chi connectivity index (χ1v) is 3.59. The number of rotatable bonds is 2. The summed E-state index contributed by atoms with van der Waals surface area (Å²) >= 11 is 0. The fraction of sp³-hybridized carbons (Fsp3) is 0.111. The molecule has 1 rings (SSSR count). The molecule has 0 aliphatic rings. The van der Waals surface area contributed by atoms with Gasteiger partial charge in [0.05, 0.1) is 0 Å². The van der Waals surface area contributed by atoms with Gasteiger partial charge in [-0.15, -0.1) is 0 Å². The highest BCUT2D eigenvalue weighted by Gasteiger charge is 2.10. The minimum atomic E-state index is -1.22. The molecule has 1 aromatic rings. The Balaban J connectivity index is 3.20. The molecule has 0 aliphatic heterocycles. The number of carbonyl (C=O) groups excluding carboxylic acids is 1. The Morgan fingerprint density at radius 2 is 1.92 bits per heavy atom. The standard InChI is InChI=1S/C9H8O4/c1-5(10)6-2-3-7(9(12)13)8(11)4-6/h2-4,11H,1H3,(H,12,13). The summed E-state index contributed by atoms with van der Waals surface area (Å²) in [6.45, 7) is 1.34. The number of phenols is 1. The normalized spacial score (nSPS) is 9.62. The van der Waals surface area contributed by atoms with Crippen LogP contribution in [0.3, 0.4) is 0 Å². The molecule has 0 unspecified atom stereocenters. The first kappa shape index (κ1) is 9.25. The second-order valence-electron chi connectivity index (χ2n) is 2.59. The SMILES string of the molecule is CC(=O)c1ccc(C(=O)O)c(O)c1. The number of benzene rings is 1. The van der Waals surface area contributed by atoms with Gasteiger partial charge in [0, 0.05) is 5.56 Å². The van der Waals surface area contributed by atoms with Crippen LogP contribution < -0.4 is 0 Å². The minimum Gasteiger partial charge on any atom is -0.507 e. The van der Waals surface area contributed by atoms with E-state index >= 15 is 0 Å². The predicted octanol–water partition coefficient (Wildman–Crippen LogP) is 1.29. The molecule has 13 heavy (non-hydrogen) atoms. The number of carboxylic acids is 1. The fourth-order valence-corrected chi connectivity index (χ4v) is 0.931. The van der Waals surface area contributed by atoms with Crippen LogP contribution in [0.4, 0.5) is 0 Å². The third kappa shape index (κ3) is 1.84. The van der Waals surface area contributed by atoms with Crippen LogP contribution >= 0.6 is 0 Å². The van der Waals surface area contributed by atoms with E-state index < -0.39 is 5.97 Å². The van der Waals surface area contributed by atoms with E-state index in [1.807, 2.05) is 0 Å². The molecule has 0 spiro atoms. The van der Waals surface area contributed by atoms with Gasteiger partial charge < -0.3 is 10.2 Å². The second-order valence-corrected chi connectivity index (χ2v) is 2.59. The van der Waals surface area contributed by atoms with E-state index in [2.05, 4.69) is 0 Å². The average molecular weight is 180 g/mol. The van der Waals surface area contributed by atoms with Crippen molar-refractivity contribution in [1.82, 2.24) is 0 Å². The lowest BCUT2D eigenvalue weighted by molar-refractivity contribution is 0.0693. The van der Waals surface area contributed by atoms with E-state index in [4.69, 9.17) is 5.11 Å². The maximum atomic E-state index is 10.8. The molecule has 0 heterocycles. The summed E-state index contributed by atoms with van der Waals surface area (Å²) < 4.78 is 0. The number of carbonyl (C=O) groups is 2. The summed E-state index contributed by atoms with van der Waals surface area (Å²) in [5.74, 6) is -1.82. The number of aromatic hydroxyl groups is 1. The van der Waals surface area contributed by atoms with Crippen LogP contribution in [0.15, 0.2) is 18.2 Å². The molecule has 68 valence electrons. The molecule has 1 aromatic carbocycles. The van der Waals surface area contributed by atoms with Gasteiger partial charge in [0.15, 0.2) is 5.78 Å². The van der Waals surface area contributed by atoms with E-state index in [1.165, 1.54) is 19.1 Å². The van der Waals surface area contributed by atoms with Gasteiger partial charge >= 0.3 is 5.97 Å². The minimum absolute atomic E-state index is 0.204. The van der Waals surface area contributed by atoms with E-state index in [1.54, 1.807) is 0 Å². The summed E-state index contributed by atoms with van der Waals surface area (Å²) in [4.78, 5) is 21.3. The number of Topliss-reactive ketones (excluding diaryl/α,β-unsaturated/α-hetero) is 1. The first-order valence-electron chi connectivity index (χ1n) is 3.59. The Labute approximate surface area is 74.4 Å². The first-order chi connectivity index (χ1) is 6.02. The van der Waals surface area contributed by atoms with Gasteiger partial charge in [0.1, 0.15) is 11.3 Å². The molecular weight excluding hydrogens is 172 g/mol. The Hall–Kier alpha value is -1.84. The summed E-state index contributed by atoms with van der Waals surface area (Å²) in [6.07, 6.45) is 0. The molecule has 4 heteroatoms. The van der Waals surface area contributed by atoms with Crippen LogP contribution in [0.1, 0.15) is 27.6 Å². The van der Waals surface area contributed by atoms with Gasteiger partial charge in [0.2, 0.25) is 0 Å². The lowest BCUT2D eigenvalue weighted by Gasteiger charge is -2.00. The maximum Gasteiger partial charge on any atom is 0.339 e. The zero-order chi connectivity index (χ0) is 10.0. The van der Waals surface area contributed by atoms with Crippen molar-refractivity contribution in [2.45, 2.75) is 6.92 Å². The lowest BCUT2D eigenvalue weighted by atomic mass is 10.1. The third-order valence-corrected chi connectivity index (χ3v) is 1.63. The second kappa shape index (κ2) is 3.26. The zero-order valence-corrected chi connectivity index (χ0v) is 6.94. The highest BCUT2D eigenvalue weighted by molar-refractivity contribution is 5.97. The van der Waals surface area contributed by atoms with E-state index in [0.717, 1.165) is 6.07 Å². The number of carboxylic acid groups (broad SMARTS) is 1. The maximum absolute atomic E-state index is 10.8. The lowest BCUT2D eigenvalue weighted by Crippen LogP contribution is -1.99. The smallest absolute Gasteiger partial charge is 0.339 e. The molecule has 0 atom stereocenters.